The molecule has 0 aromatic carbocycles. The van der Waals surface area contributed by atoms with E-state index in [-0.39, 0.29) is 5.82 Å². The van der Waals surface area contributed by atoms with Gasteiger partial charge in [0.2, 0.25) is 0 Å². The van der Waals surface area contributed by atoms with E-state index in [1.165, 1.54) is 12.3 Å². The summed E-state index contributed by atoms with van der Waals surface area (Å²) in [5, 5.41) is 7.43. The first-order chi connectivity index (χ1) is 9.61. The number of aromatic nitrogens is 4. The Balaban J connectivity index is 2.35. The highest BCUT2D eigenvalue weighted by Gasteiger charge is 2.15. The predicted octanol–water partition coefficient (Wildman–Crippen LogP) is 2.59. The zero-order valence-corrected chi connectivity index (χ0v) is 11.5. The van der Waals surface area contributed by atoms with E-state index in [1.54, 1.807) is 16.9 Å². The average Bonchev–Trinajstić information content (AvgIpc) is 2.79. The number of nitrogens with zero attached hydrogens (tertiary/aromatic N) is 4. The van der Waals surface area contributed by atoms with Crippen molar-refractivity contribution in [3.05, 3.63) is 41.6 Å². The highest BCUT2D eigenvalue weighted by molar-refractivity contribution is 5.72. The van der Waals surface area contributed by atoms with Crippen LogP contribution < -0.4 is 5.32 Å². The molecule has 0 bridgehead atoms. The van der Waals surface area contributed by atoms with Crippen molar-refractivity contribution >= 4 is 11.5 Å². The Labute approximate surface area is 115 Å². The minimum atomic E-state index is -0.375. The summed E-state index contributed by atoms with van der Waals surface area (Å²) in [4.78, 5) is 8.50. The molecule has 0 aliphatic heterocycles. The molecule has 102 valence electrons. The number of hydrogen-bond acceptors (Lipinski definition) is 4. The van der Waals surface area contributed by atoms with Crippen LogP contribution in [0.4, 0.5) is 10.2 Å². The summed E-state index contributed by atoms with van der Waals surface area (Å²) in [5.41, 5.74) is 3.97. The fourth-order valence-electron chi connectivity index (χ4n) is 2.30. The van der Waals surface area contributed by atoms with Crippen molar-refractivity contribution in [1.29, 1.82) is 0 Å². The van der Waals surface area contributed by atoms with Crippen LogP contribution in [0.3, 0.4) is 0 Å². The van der Waals surface area contributed by atoms with Crippen molar-refractivity contribution in [2.24, 2.45) is 0 Å². The molecule has 0 unspecified atom stereocenters. The minimum Gasteiger partial charge on any atom is -0.373 e. The first kappa shape index (κ1) is 12.5. The topological polar surface area (TPSA) is 55.1 Å². The molecule has 0 radical (unpaired) electrons. The molecular weight excluding hydrogens is 257 g/mol. The van der Waals surface area contributed by atoms with Gasteiger partial charge in [-0.15, -0.1) is 0 Å². The molecule has 3 aromatic rings. The van der Waals surface area contributed by atoms with Crippen LogP contribution in [0.25, 0.3) is 16.9 Å². The molecular formula is C14H14FN5. The SMILES string of the molecule is CNc1c(C)c(-c2cncc(F)c2)nc2c(C)cnn12. The zero-order valence-electron chi connectivity index (χ0n) is 11.5. The molecule has 0 atom stereocenters. The van der Waals surface area contributed by atoms with Crippen LogP contribution in [-0.2, 0) is 0 Å². The highest BCUT2D eigenvalue weighted by Crippen LogP contribution is 2.28. The van der Waals surface area contributed by atoms with Crippen LogP contribution >= 0.6 is 0 Å². The third-order valence-corrected chi connectivity index (χ3v) is 3.28. The van der Waals surface area contributed by atoms with E-state index >= 15 is 0 Å². The van der Waals surface area contributed by atoms with Crippen molar-refractivity contribution in [3.63, 3.8) is 0 Å². The third-order valence-electron chi connectivity index (χ3n) is 3.28. The predicted molar refractivity (Wildman–Crippen MR) is 75.2 cm³/mol. The van der Waals surface area contributed by atoms with Gasteiger partial charge in [0.1, 0.15) is 11.6 Å². The number of anilines is 1. The van der Waals surface area contributed by atoms with E-state index < -0.39 is 0 Å². The summed E-state index contributed by atoms with van der Waals surface area (Å²) >= 11 is 0. The second kappa shape index (κ2) is 4.56. The van der Waals surface area contributed by atoms with Crippen LogP contribution in [0.1, 0.15) is 11.1 Å². The van der Waals surface area contributed by atoms with Crippen LogP contribution in [0, 0.1) is 19.7 Å². The van der Waals surface area contributed by atoms with Crippen molar-refractivity contribution in [2.75, 3.05) is 12.4 Å². The molecule has 3 aromatic heterocycles. The smallest absolute Gasteiger partial charge is 0.160 e. The third kappa shape index (κ3) is 1.80. The Hall–Kier alpha value is -2.50. The fraction of sp³-hybridized carbons (Fsp3) is 0.214. The van der Waals surface area contributed by atoms with Crippen LogP contribution in [-0.4, -0.2) is 26.6 Å². The number of aryl methyl sites for hydroxylation is 1. The summed E-state index contributed by atoms with van der Waals surface area (Å²) in [5.74, 6) is 0.460. The van der Waals surface area contributed by atoms with Gasteiger partial charge in [0.25, 0.3) is 0 Å². The Morgan fingerprint density at radius 2 is 2.00 bits per heavy atom. The van der Waals surface area contributed by atoms with E-state index in [9.17, 15) is 4.39 Å². The lowest BCUT2D eigenvalue weighted by molar-refractivity contribution is 0.622. The normalized spacial score (nSPS) is 11.0. The number of rotatable bonds is 2. The number of halogens is 1. The van der Waals surface area contributed by atoms with Gasteiger partial charge >= 0.3 is 0 Å². The van der Waals surface area contributed by atoms with Crippen molar-refractivity contribution in [2.45, 2.75) is 13.8 Å². The molecule has 0 saturated carbocycles. The molecule has 20 heavy (non-hydrogen) atoms. The fourth-order valence-corrected chi connectivity index (χ4v) is 2.30. The lowest BCUT2D eigenvalue weighted by Crippen LogP contribution is -2.06. The molecule has 3 heterocycles. The van der Waals surface area contributed by atoms with Crippen LogP contribution in [0.5, 0.6) is 0 Å². The molecule has 0 saturated heterocycles. The van der Waals surface area contributed by atoms with Crippen LogP contribution in [0.15, 0.2) is 24.7 Å². The van der Waals surface area contributed by atoms with Gasteiger partial charge in [-0.1, -0.05) is 0 Å². The van der Waals surface area contributed by atoms with Crippen molar-refractivity contribution in [1.82, 2.24) is 19.6 Å². The van der Waals surface area contributed by atoms with E-state index in [0.29, 0.717) is 11.3 Å². The maximum Gasteiger partial charge on any atom is 0.160 e. The zero-order chi connectivity index (χ0) is 14.3. The van der Waals surface area contributed by atoms with E-state index in [0.717, 1.165) is 22.6 Å². The molecule has 0 spiro atoms. The first-order valence-electron chi connectivity index (χ1n) is 6.25. The monoisotopic (exact) mass is 271 g/mol. The summed E-state index contributed by atoms with van der Waals surface area (Å²) in [6, 6.07) is 1.43. The van der Waals surface area contributed by atoms with E-state index in [4.69, 9.17) is 0 Å². The van der Waals surface area contributed by atoms with Gasteiger partial charge in [-0.05, 0) is 19.9 Å². The molecule has 0 aliphatic rings. The Kier molecular flexibility index (Phi) is 2.85. The Morgan fingerprint density at radius 3 is 2.70 bits per heavy atom. The second-order valence-electron chi connectivity index (χ2n) is 4.64. The van der Waals surface area contributed by atoms with Gasteiger partial charge in [-0.2, -0.15) is 9.61 Å². The average molecular weight is 271 g/mol. The number of hydrogen-bond donors (Lipinski definition) is 1. The van der Waals surface area contributed by atoms with Gasteiger partial charge in [-0.25, -0.2) is 9.37 Å². The van der Waals surface area contributed by atoms with Gasteiger partial charge < -0.3 is 5.32 Å². The van der Waals surface area contributed by atoms with Gasteiger partial charge in [0.05, 0.1) is 18.1 Å². The molecule has 0 aliphatic carbocycles. The molecule has 0 amide bonds. The van der Waals surface area contributed by atoms with Gasteiger partial charge in [-0.3, -0.25) is 4.98 Å². The lowest BCUT2D eigenvalue weighted by Gasteiger charge is -2.12. The molecule has 6 heteroatoms. The Bertz CT molecular complexity index is 794. The number of fused-ring (bicyclic) bond motifs is 1. The number of pyridine rings is 1. The summed E-state index contributed by atoms with van der Waals surface area (Å²) < 4.78 is 15.1. The number of nitrogens with one attached hydrogen (secondary N) is 1. The quantitative estimate of drug-likeness (QED) is 0.778. The standard InChI is InChI=1S/C14H14FN5/c1-8-5-18-20-13(8)19-12(9(2)14(20)16-3)10-4-11(15)7-17-6-10/h4-7,16H,1-3H3. The molecule has 1 N–H and O–H groups in total. The molecule has 3 rings (SSSR count). The maximum atomic E-state index is 13.4. The largest absolute Gasteiger partial charge is 0.373 e. The van der Waals surface area contributed by atoms with Crippen LogP contribution in [0.2, 0.25) is 0 Å². The highest BCUT2D eigenvalue weighted by atomic mass is 19.1. The van der Waals surface area contributed by atoms with E-state index in [2.05, 4.69) is 20.4 Å². The summed E-state index contributed by atoms with van der Waals surface area (Å²) in [6.45, 7) is 3.87. The summed E-state index contributed by atoms with van der Waals surface area (Å²) in [7, 11) is 1.83. The second-order valence-corrected chi connectivity index (χ2v) is 4.64. The maximum absolute atomic E-state index is 13.4. The Morgan fingerprint density at radius 1 is 1.20 bits per heavy atom. The first-order valence-corrected chi connectivity index (χ1v) is 6.25. The van der Waals surface area contributed by atoms with Crippen molar-refractivity contribution < 1.29 is 4.39 Å². The van der Waals surface area contributed by atoms with Crippen molar-refractivity contribution in [3.8, 4) is 11.3 Å². The van der Waals surface area contributed by atoms with E-state index in [1.807, 2.05) is 20.9 Å². The van der Waals surface area contributed by atoms with Gasteiger partial charge in [0, 0.05) is 29.9 Å². The molecule has 5 nitrogen and oxygen atoms in total. The molecule has 0 fully saturated rings. The van der Waals surface area contributed by atoms with Gasteiger partial charge in [0.15, 0.2) is 5.65 Å². The minimum absolute atomic E-state index is 0.375. The lowest BCUT2D eigenvalue weighted by atomic mass is 10.1. The summed E-state index contributed by atoms with van der Waals surface area (Å²) in [6.07, 6.45) is 4.55.